The summed E-state index contributed by atoms with van der Waals surface area (Å²) >= 11 is 0. The smallest absolute Gasteiger partial charge is 0.403 e. The fraction of sp³-hybridized carbons (Fsp3) is 0. The molecule has 0 aliphatic rings. The van der Waals surface area contributed by atoms with Gasteiger partial charge < -0.3 is 9.84 Å². The number of anilines is 1. The molecule has 0 heterocycles. The summed E-state index contributed by atoms with van der Waals surface area (Å²) in [7, 11) is -4.79. The van der Waals surface area contributed by atoms with Crippen molar-refractivity contribution in [2.75, 3.05) is 5.32 Å². The molecule has 25 heavy (non-hydrogen) atoms. The van der Waals surface area contributed by atoms with Gasteiger partial charge in [0.15, 0.2) is 0 Å². The average molecular weight is 366 g/mol. The van der Waals surface area contributed by atoms with Crippen molar-refractivity contribution in [3.8, 4) is 5.75 Å². The maximum atomic E-state index is 12.5. The van der Waals surface area contributed by atoms with Crippen LogP contribution in [0, 0.1) is 0 Å². The van der Waals surface area contributed by atoms with E-state index in [1.165, 1.54) is 6.07 Å². The van der Waals surface area contributed by atoms with Crippen LogP contribution in [0.3, 0.4) is 0 Å². The Morgan fingerprint density at radius 2 is 1.48 bits per heavy atom. The van der Waals surface area contributed by atoms with Crippen LogP contribution in [0.4, 0.5) is 5.69 Å². The molecule has 0 unspecified atom stereocenters. The van der Waals surface area contributed by atoms with E-state index >= 15 is 0 Å². The van der Waals surface area contributed by atoms with Gasteiger partial charge in [-0.05, 0) is 35.0 Å². The van der Waals surface area contributed by atoms with E-state index in [-0.39, 0.29) is 40.9 Å². The van der Waals surface area contributed by atoms with Crippen molar-refractivity contribution >= 4 is 59.7 Å². The molecule has 0 fully saturated rings. The summed E-state index contributed by atoms with van der Waals surface area (Å²) in [6.07, 6.45) is 0. The SMILES string of the molecule is O=C(Nc1ccccc1)c1cc2ccccc2cc1OP(=O)(O)O.[Na]. The molecule has 3 aromatic carbocycles. The molecule has 6 nitrogen and oxygen atoms in total. The molecule has 3 aromatic rings. The van der Waals surface area contributed by atoms with Crippen LogP contribution < -0.4 is 9.84 Å². The normalized spacial score (nSPS) is 10.8. The van der Waals surface area contributed by atoms with Crippen molar-refractivity contribution in [3.63, 3.8) is 0 Å². The first-order valence-electron chi connectivity index (χ1n) is 7.07. The number of benzene rings is 3. The third kappa shape index (κ3) is 5.16. The number of phosphoric acid groups is 1. The summed E-state index contributed by atoms with van der Waals surface area (Å²) in [6, 6.07) is 18.9. The van der Waals surface area contributed by atoms with Crippen molar-refractivity contribution in [1.82, 2.24) is 0 Å². The van der Waals surface area contributed by atoms with Crippen LogP contribution in [0.1, 0.15) is 10.4 Å². The molecule has 3 N–H and O–H groups in total. The number of phosphoric ester groups is 1. The molecule has 0 aliphatic carbocycles. The molecule has 0 atom stereocenters. The molecular formula is C17H14NNaO5P. The van der Waals surface area contributed by atoms with E-state index in [4.69, 9.17) is 14.3 Å². The number of hydrogen-bond acceptors (Lipinski definition) is 3. The van der Waals surface area contributed by atoms with Gasteiger partial charge in [0.05, 0.1) is 5.56 Å². The molecule has 0 saturated carbocycles. The molecular weight excluding hydrogens is 352 g/mol. The Labute approximate surface area is 166 Å². The Bertz CT molecular complexity index is 942. The van der Waals surface area contributed by atoms with E-state index in [2.05, 4.69) is 5.32 Å². The van der Waals surface area contributed by atoms with Crippen LogP contribution in [-0.4, -0.2) is 45.3 Å². The molecule has 0 bridgehead atoms. The number of carbonyl (C=O) groups excluding carboxylic acids is 1. The zero-order valence-corrected chi connectivity index (χ0v) is 16.3. The Balaban J connectivity index is 0.00000225. The van der Waals surface area contributed by atoms with E-state index in [0.717, 1.165) is 5.39 Å². The van der Waals surface area contributed by atoms with Gasteiger partial charge in [0.1, 0.15) is 5.75 Å². The largest absolute Gasteiger partial charge is 0.524 e. The van der Waals surface area contributed by atoms with Gasteiger partial charge in [0.2, 0.25) is 0 Å². The van der Waals surface area contributed by atoms with Crippen molar-refractivity contribution in [2.45, 2.75) is 0 Å². The molecule has 1 amide bonds. The first-order valence-corrected chi connectivity index (χ1v) is 8.60. The fourth-order valence-electron chi connectivity index (χ4n) is 2.32. The van der Waals surface area contributed by atoms with Crippen LogP contribution >= 0.6 is 7.82 Å². The van der Waals surface area contributed by atoms with Gasteiger partial charge in [-0.2, -0.15) is 0 Å². The van der Waals surface area contributed by atoms with Crippen LogP contribution in [0.5, 0.6) is 5.75 Å². The van der Waals surface area contributed by atoms with E-state index in [1.54, 1.807) is 48.5 Å². The van der Waals surface area contributed by atoms with Gasteiger partial charge in [-0.1, -0.05) is 42.5 Å². The van der Waals surface area contributed by atoms with E-state index in [0.29, 0.717) is 11.1 Å². The van der Waals surface area contributed by atoms with Gasteiger partial charge in [-0.25, -0.2) is 4.57 Å². The molecule has 3 rings (SSSR count). The van der Waals surface area contributed by atoms with Gasteiger partial charge in [-0.3, -0.25) is 14.6 Å². The van der Waals surface area contributed by atoms with Gasteiger partial charge in [0.25, 0.3) is 5.91 Å². The topological polar surface area (TPSA) is 95.9 Å². The average Bonchev–Trinajstić information content (AvgIpc) is 2.53. The summed E-state index contributed by atoms with van der Waals surface area (Å²) in [6.45, 7) is 0. The number of rotatable bonds is 4. The summed E-state index contributed by atoms with van der Waals surface area (Å²) in [5.41, 5.74) is 0.610. The number of amides is 1. The molecule has 8 heteroatoms. The zero-order chi connectivity index (χ0) is 17.2. The fourth-order valence-corrected chi connectivity index (χ4v) is 2.73. The number of nitrogens with one attached hydrogen (secondary N) is 1. The van der Waals surface area contributed by atoms with Crippen molar-refractivity contribution in [1.29, 1.82) is 0 Å². The third-order valence-electron chi connectivity index (χ3n) is 3.34. The summed E-state index contributed by atoms with van der Waals surface area (Å²) in [5, 5.41) is 4.14. The standard InChI is InChI=1S/C17H14NO5P.Na/c19-17(18-14-8-2-1-3-9-14)15-10-12-6-4-5-7-13(12)11-16(15)23-24(20,21)22;/h1-11H,(H,18,19)(H2,20,21,22);. The van der Waals surface area contributed by atoms with Crippen LogP contribution in [0.15, 0.2) is 66.7 Å². The number of carbonyl (C=O) groups is 1. The van der Waals surface area contributed by atoms with E-state index in [1.807, 2.05) is 12.1 Å². The second kappa shape index (κ2) is 8.15. The number of para-hydroxylation sites is 1. The number of fused-ring (bicyclic) bond motifs is 1. The van der Waals surface area contributed by atoms with Crippen molar-refractivity contribution in [3.05, 3.63) is 72.3 Å². The summed E-state index contributed by atoms with van der Waals surface area (Å²) in [5.74, 6) is -0.689. The Morgan fingerprint density at radius 3 is 2.08 bits per heavy atom. The maximum absolute atomic E-state index is 12.5. The molecule has 0 aliphatic heterocycles. The van der Waals surface area contributed by atoms with Crippen LogP contribution in [0.2, 0.25) is 0 Å². The van der Waals surface area contributed by atoms with Crippen molar-refractivity contribution < 1.29 is 23.7 Å². The van der Waals surface area contributed by atoms with Gasteiger partial charge in [-0.15, -0.1) is 0 Å². The Hall–Kier alpha value is -1.66. The zero-order valence-electron chi connectivity index (χ0n) is 13.4. The monoisotopic (exact) mass is 366 g/mol. The number of hydrogen-bond donors (Lipinski definition) is 3. The summed E-state index contributed by atoms with van der Waals surface area (Å²) < 4.78 is 15.9. The molecule has 0 spiro atoms. The quantitative estimate of drug-likeness (QED) is 0.487. The van der Waals surface area contributed by atoms with Crippen molar-refractivity contribution in [2.24, 2.45) is 0 Å². The molecule has 1 radical (unpaired) electrons. The van der Waals surface area contributed by atoms with E-state index < -0.39 is 13.7 Å². The first-order chi connectivity index (χ1) is 11.4. The minimum absolute atomic E-state index is 0. The first kappa shape index (κ1) is 19.7. The molecule has 0 aromatic heterocycles. The van der Waals surface area contributed by atoms with E-state index in [9.17, 15) is 9.36 Å². The molecule has 123 valence electrons. The minimum Gasteiger partial charge on any atom is -0.403 e. The van der Waals surface area contributed by atoms with Gasteiger partial charge >= 0.3 is 7.82 Å². The third-order valence-corrected chi connectivity index (χ3v) is 3.78. The second-order valence-electron chi connectivity index (χ2n) is 5.10. The predicted octanol–water partition coefficient (Wildman–Crippen LogP) is 3.18. The summed E-state index contributed by atoms with van der Waals surface area (Å²) in [4.78, 5) is 30.7. The molecule has 0 saturated heterocycles. The Morgan fingerprint density at radius 1 is 0.920 bits per heavy atom. The van der Waals surface area contributed by atoms with Crippen LogP contribution in [-0.2, 0) is 4.57 Å². The van der Waals surface area contributed by atoms with Gasteiger partial charge in [0, 0.05) is 35.2 Å². The Kier molecular flexibility index (Phi) is 6.41. The predicted molar refractivity (Wildman–Crippen MR) is 96.8 cm³/mol. The van der Waals surface area contributed by atoms with Crippen LogP contribution in [0.25, 0.3) is 10.8 Å². The second-order valence-corrected chi connectivity index (χ2v) is 6.26. The minimum atomic E-state index is -4.79. The maximum Gasteiger partial charge on any atom is 0.524 e.